The number of hydrogen-bond acceptors (Lipinski definition) is 4. The lowest BCUT2D eigenvalue weighted by Crippen LogP contribution is -2.29. The van der Waals surface area contributed by atoms with Crippen LogP contribution in [0.25, 0.3) is 5.76 Å². The molecule has 0 spiro atoms. The van der Waals surface area contributed by atoms with E-state index in [-0.39, 0.29) is 11.3 Å². The number of aryl methyl sites for hydroxylation is 1. The Morgan fingerprint density at radius 3 is 2.48 bits per heavy atom. The summed E-state index contributed by atoms with van der Waals surface area (Å²) in [4.78, 5) is 27.2. The molecule has 0 saturated carbocycles. The number of hydrogen-bond donors (Lipinski definition) is 1. The van der Waals surface area contributed by atoms with Gasteiger partial charge < -0.3 is 9.52 Å². The highest BCUT2D eigenvalue weighted by Crippen LogP contribution is 2.43. The van der Waals surface area contributed by atoms with Gasteiger partial charge in [-0.1, -0.05) is 45.7 Å². The van der Waals surface area contributed by atoms with Crippen LogP contribution in [-0.2, 0) is 9.59 Å². The van der Waals surface area contributed by atoms with Gasteiger partial charge in [-0.2, -0.15) is 0 Å². The van der Waals surface area contributed by atoms with Crippen molar-refractivity contribution in [2.24, 2.45) is 0 Å². The van der Waals surface area contributed by atoms with E-state index in [1.54, 1.807) is 54.6 Å². The standard InChI is InChI=1S/C22H15BrClNO4/c1-12-4-9-15(11-16(12)24)25-19(17-3-2-10-29-17)18(21(27)22(25)28)20(26)13-5-7-14(23)8-6-13/h2-11,19,26H,1H3/b20-18-. The number of carbonyl (C=O) groups is 2. The van der Waals surface area contributed by atoms with Crippen LogP contribution in [0.5, 0.6) is 0 Å². The monoisotopic (exact) mass is 471 g/mol. The summed E-state index contributed by atoms with van der Waals surface area (Å²) in [6.07, 6.45) is 1.46. The van der Waals surface area contributed by atoms with Crippen LogP contribution >= 0.6 is 27.5 Å². The van der Waals surface area contributed by atoms with Crippen LogP contribution in [0.2, 0.25) is 5.02 Å². The average molecular weight is 473 g/mol. The fourth-order valence-corrected chi connectivity index (χ4v) is 3.75. The first-order chi connectivity index (χ1) is 13.9. The van der Waals surface area contributed by atoms with Gasteiger partial charge >= 0.3 is 0 Å². The van der Waals surface area contributed by atoms with Crippen molar-refractivity contribution < 1.29 is 19.1 Å². The summed E-state index contributed by atoms with van der Waals surface area (Å²) < 4.78 is 6.35. The Morgan fingerprint density at radius 1 is 1.14 bits per heavy atom. The number of halogens is 2. The third-order valence-corrected chi connectivity index (χ3v) is 5.74. The number of furan rings is 1. The molecule has 146 valence electrons. The Labute approximate surface area is 180 Å². The van der Waals surface area contributed by atoms with Crippen molar-refractivity contribution in [3.63, 3.8) is 0 Å². The quantitative estimate of drug-likeness (QED) is 0.305. The number of Topliss-reactive ketones (excluding diaryl/α,β-unsaturated/α-hetero) is 1. The van der Waals surface area contributed by atoms with E-state index in [2.05, 4.69) is 15.9 Å². The largest absolute Gasteiger partial charge is 0.507 e. The van der Waals surface area contributed by atoms with Gasteiger partial charge in [0.1, 0.15) is 17.6 Å². The van der Waals surface area contributed by atoms with Crippen LogP contribution in [0, 0.1) is 6.92 Å². The van der Waals surface area contributed by atoms with Gasteiger partial charge in [-0.25, -0.2) is 0 Å². The maximum absolute atomic E-state index is 12.9. The summed E-state index contributed by atoms with van der Waals surface area (Å²) in [7, 11) is 0. The number of anilines is 1. The summed E-state index contributed by atoms with van der Waals surface area (Å²) >= 11 is 9.59. The van der Waals surface area contributed by atoms with Gasteiger partial charge in [0.25, 0.3) is 11.7 Å². The Bertz CT molecular complexity index is 1140. The van der Waals surface area contributed by atoms with E-state index >= 15 is 0 Å². The van der Waals surface area contributed by atoms with E-state index in [9.17, 15) is 14.7 Å². The Kier molecular flexibility index (Phi) is 5.06. The number of aliphatic hydroxyl groups excluding tert-OH is 1. The highest BCUT2D eigenvalue weighted by Gasteiger charge is 2.48. The molecule has 1 fully saturated rings. The van der Waals surface area contributed by atoms with Gasteiger partial charge in [0.2, 0.25) is 0 Å². The van der Waals surface area contributed by atoms with Crippen LogP contribution < -0.4 is 4.90 Å². The Hall–Kier alpha value is -2.83. The molecule has 0 radical (unpaired) electrons. The third kappa shape index (κ3) is 3.39. The van der Waals surface area contributed by atoms with Crippen LogP contribution in [0.3, 0.4) is 0 Å². The van der Waals surface area contributed by atoms with E-state index in [4.69, 9.17) is 16.0 Å². The van der Waals surface area contributed by atoms with Crippen LogP contribution in [-0.4, -0.2) is 16.8 Å². The zero-order valence-corrected chi connectivity index (χ0v) is 17.6. The van der Waals surface area contributed by atoms with Crippen molar-refractivity contribution in [2.75, 3.05) is 4.90 Å². The van der Waals surface area contributed by atoms with E-state index in [0.717, 1.165) is 10.0 Å². The molecule has 3 aromatic rings. The first kappa shape index (κ1) is 19.5. The van der Waals surface area contributed by atoms with E-state index in [0.29, 0.717) is 22.0 Å². The molecule has 1 aliphatic heterocycles. The predicted molar refractivity (Wildman–Crippen MR) is 114 cm³/mol. The summed E-state index contributed by atoms with van der Waals surface area (Å²) in [5.41, 5.74) is 1.67. The van der Waals surface area contributed by atoms with Crippen molar-refractivity contribution in [2.45, 2.75) is 13.0 Å². The van der Waals surface area contributed by atoms with Gasteiger partial charge in [-0.3, -0.25) is 14.5 Å². The smallest absolute Gasteiger partial charge is 0.300 e. The van der Waals surface area contributed by atoms with Crippen molar-refractivity contribution in [3.05, 3.63) is 92.8 Å². The number of carbonyl (C=O) groups excluding carboxylic acids is 2. The Balaban J connectivity index is 1.92. The van der Waals surface area contributed by atoms with Gasteiger partial charge in [-0.05, 0) is 48.9 Å². The van der Waals surface area contributed by atoms with E-state index in [1.165, 1.54) is 11.2 Å². The molecular formula is C22H15BrClNO4. The van der Waals surface area contributed by atoms with Crippen molar-refractivity contribution in [1.82, 2.24) is 0 Å². The van der Waals surface area contributed by atoms with Crippen LogP contribution in [0.1, 0.15) is 22.9 Å². The molecule has 1 amide bonds. The van der Waals surface area contributed by atoms with E-state index in [1.807, 2.05) is 6.92 Å². The minimum absolute atomic E-state index is 0.0380. The van der Waals surface area contributed by atoms with E-state index < -0.39 is 17.7 Å². The zero-order valence-electron chi connectivity index (χ0n) is 15.2. The first-order valence-corrected chi connectivity index (χ1v) is 9.92. The summed E-state index contributed by atoms with van der Waals surface area (Å²) in [6.45, 7) is 1.85. The maximum atomic E-state index is 12.9. The van der Waals surface area contributed by atoms with Gasteiger partial charge in [-0.15, -0.1) is 0 Å². The second kappa shape index (κ2) is 7.54. The zero-order chi connectivity index (χ0) is 20.7. The summed E-state index contributed by atoms with van der Waals surface area (Å²) in [5.74, 6) is -1.45. The fourth-order valence-electron chi connectivity index (χ4n) is 3.31. The second-order valence-electron chi connectivity index (χ2n) is 6.62. The first-order valence-electron chi connectivity index (χ1n) is 8.75. The lowest BCUT2D eigenvalue weighted by molar-refractivity contribution is -0.132. The average Bonchev–Trinajstić information content (AvgIpc) is 3.32. The summed E-state index contributed by atoms with van der Waals surface area (Å²) in [6, 6.07) is 14.3. The fraction of sp³-hybridized carbons (Fsp3) is 0.0909. The SMILES string of the molecule is Cc1ccc(N2C(=O)C(=O)/C(=C(\O)c3ccc(Br)cc3)C2c2ccco2)cc1Cl. The normalized spacial score (nSPS) is 18.4. The number of aliphatic hydroxyl groups is 1. The molecule has 1 aromatic heterocycles. The third-order valence-electron chi connectivity index (χ3n) is 4.81. The molecule has 5 nitrogen and oxygen atoms in total. The van der Waals surface area contributed by atoms with Crippen molar-refractivity contribution >= 4 is 50.7 Å². The number of rotatable bonds is 3. The predicted octanol–water partition coefficient (Wildman–Crippen LogP) is 5.63. The molecule has 2 aromatic carbocycles. The van der Waals surface area contributed by atoms with Crippen LogP contribution in [0.15, 0.2) is 75.3 Å². The van der Waals surface area contributed by atoms with Gasteiger partial charge in [0.15, 0.2) is 0 Å². The second-order valence-corrected chi connectivity index (χ2v) is 7.95. The molecule has 1 unspecified atom stereocenters. The molecule has 1 saturated heterocycles. The maximum Gasteiger partial charge on any atom is 0.300 e. The summed E-state index contributed by atoms with van der Waals surface area (Å²) in [5, 5.41) is 11.4. The highest BCUT2D eigenvalue weighted by molar-refractivity contribution is 9.10. The molecule has 2 heterocycles. The lowest BCUT2D eigenvalue weighted by Gasteiger charge is -2.23. The molecule has 1 aliphatic rings. The number of nitrogens with zero attached hydrogens (tertiary/aromatic N) is 1. The molecule has 1 atom stereocenters. The Morgan fingerprint density at radius 2 is 1.86 bits per heavy atom. The van der Waals surface area contributed by atoms with Crippen LogP contribution in [0.4, 0.5) is 5.69 Å². The molecule has 29 heavy (non-hydrogen) atoms. The number of ketones is 1. The van der Waals surface area contributed by atoms with Gasteiger partial charge in [0.05, 0.1) is 11.8 Å². The van der Waals surface area contributed by atoms with Gasteiger partial charge in [0, 0.05) is 20.7 Å². The topological polar surface area (TPSA) is 70.8 Å². The minimum Gasteiger partial charge on any atom is -0.507 e. The van der Waals surface area contributed by atoms with Crippen molar-refractivity contribution in [1.29, 1.82) is 0 Å². The molecule has 0 bridgehead atoms. The molecular weight excluding hydrogens is 458 g/mol. The lowest BCUT2D eigenvalue weighted by atomic mass is 9.99. The molecule has 4 rings (SSSR count). The minimum atomic E-state index is -0.910. The number of benzene rings is 2. The molecule has 0 aliphatic carbocycles. The highest BCUT2D eigenvalue weighted by atomic mass is 79.9. The number of amides is 1. The van der Waals surface area contributed by atoms with Crippen molar-refractivity contribution in [3.8, 4) is 0 Å². The molecule has 7 heteroatoms. The molecule has 1 N–H and O–H groups in total.